The fraction of sp³-hybridized carbons (Fsp3) is 0.200. The first-order valence-corrected chi connectivity index (χ1v) is 12.5. The standard InChI is InChI=1S/C30H28O11/c31-19-7-1-17(2-8-19)6-14-26(35)39-16-25-27(36)28(37)29(38)30(41-25)40-21-10-3-18(4-11-21)5-13-23(33)22-12-9-20(32)15-24(22)34/h1-15,25,27-32,34,36-38H,16H2/t25-,27+,28-,29+,30+/m0/s1. The zero-order valence-electron chi connectivity index (χ0n) is 21.5. The maximum Gasteiger partial charge on any atom is 0.330 e. The summed E-state index contributed by atoms with van der Waals surface area (Å²) >= 11 is 0. The Labute approximate surface area is 234 Å². The van der Waals surface area contributed by atoms with Gasteiger partial charge in [-0.15, -0.1) is 0 Å². The van der Waals surface area contributed by atoms with Gasteiger partial charge < -0.3 is 44.8 Å². The van der Waals surface area contributed by atoms with Crippen LogP contribution in [0.5, 0.6) is 23.0 Å². The Bertz CT molecular complexity index is 1410. The van der Waals surface area contributed by atoms with Crippen molar-refractivity contribution < 1.29 is 54.4 Å². The lowest BCUT2D eigenvalue weighted by atomic mass is 9.99. The summed E-state index contributed by atoms with van der Waals surface area (Å²) in [5, 5.41) is 59.5. The number of hydrogen-bond acceptors (Lipinski definition) is 11. The fourth-order valence-corrected chi connectivity index (χ4v) is 3.90. The van der Waals surface area contributed by atoms with Gasteiger partial charge in [-0.2, -0.15) is 0 Å². The molecular formula is C30H28O11. The van der Waals surface area contributed by atoms with Crippen LogP contribution in [0, 0.1) is 0 Å². The van der Waals surface area contributed by atoms with E-state index in [4.69, 9.17) is 14.2 Å². The molecule has 5 atom stereocenters. The van der Waals surface area contributed by atoms with Crippen LogP contribution in [0.25, 0.3) is 12.2 Å². The second-order valence-corrected chi connectivity index (χ2v) is 9.16. The van der Waals surface area contributed by atoms with Gasteiger partial charge in [0.1, 0.15) is 54.0 Å². The number of aliphatic hydroxyl groups is 3. The van der Waals surface area contributed by atoms with Crippen molar-refractivity contribution in [1.29, 1.82) is 0 Å². The number of allylic oxidation sites excluding steroid dienone is 1. The summed E-state index contributed by atoms with van der Waals surface area (Å²) in [6, 6.07) is 16.0. The Balaban J connectivity index is 1.33. The van der Waals surface area contributed by atoms with E-state index in [1.54, 1.807) is 24.3 Å². The summed E-state index contributed by atoms with van der Waals surface area (Å²) in [4.78, 5) is 24.4. The predicted octanol–water partition coefficient (Wildman–Crippen LogP) is 2.14. The molecule has 4 rings (SSSR count). The number of aromatic hydroxyl groups is 3. The van der Waals surface area contributed by atoms with E-state index in [9.17, 15) is 40.2 Å². The van der Waals surface area contributed by atoms with E-state index >= 15 is 0 Å². The average molecular weight is 565 g/mol. The van der Waals surface area contributed by atoms with Crippen LogP contribution in [0.2, 0.25) is 0 Å². The van der Waals surface area contributed by atoms with E-state index in [0.717, 1.165) is 12.1 Å². The third-order valence-corrected chi connectivity index (χ3v) is 6.17. The highest BCUT2D eigenvalue weighted by atomic mass is 16.7. The molecule has 3 aromatic carbocycles. The topological polar surface area (TPSA) is 183 Å². The first kappa shape index (κ1) is 29.3. The number of hydrogen-bond donors (Lipinski definition) is 6. The van der Waals surface area contributed by atoms with Gasteiger partial charge in [0.25, 0.3) is 0 Å². The molecule has 11 nitrogen and oxygen atoms in total. The largest absolute Gasteiger partial charge is 0.508 e. The number of esters is 1. The Morgan fingerprint density at radius 2 is 1.37 bits per heavy atom. The van der Waals surface area contributed by atoms with Crippen LogP contribution in [0.15, 0.2) is 78.9 Å². The second-order valence-electron chi connectivity index (χ2n) is 9.16. The van der Waals surface area contributed by atoms with Gasteiger partial charge >= 0.3 is 5.97 Å². The smallest absolute Gasteiger partial charge is 0.330 e. The molecule has 214 valence electrons. The van der Waals surface area contributed by atoms with Gasteiger partial charge in [0.2, 0.25) is 6.29 Å². The van der Waals surface area contributed by atoms with E-state index < -0.39 is 49.1 Å². The minimum atomic E-state index is -1.64. The molecular weight excluding hydrogens is 536 g/mol. The van der Waals surface area contributed by atoms with Crippen molar-refractivity contribution in [2.75, 3.05) is 6.61 Å². The number of ketones is 1. The highest BCUT2D eigenvalue weighted by Gasteiger charge is 2.45. The first-order chi connectivity index (χ1) is 19.6. The molecule has 1 fully saturated rings. The molecule has 6 N–H and O–H groups in total. The highest BCUT2D eigenvalue weighted by Crippen LogP contribution is 2.26. The number of rotatable bonds is 9. The normalized spacial score (nSPS) is 22.6. The van der Waals surface area contributed by atoms with Crippen molar-refractivity contribution in [1.82, 2.24) is 0 Å². The molecule has 0 amide bonds. The van der Waals surface area contributed by atoms with Crippen molar-refractivity contribution in [3.8, 4) is 23.0 Å². The number of carbonyl (C=O) groups excluding carboxylic acids is 2. The average Bonchev–Trinajstić information content (AvgIpc) is 2.96. The van der Waals surface area contributed by atoms with Gasteiger partial charge in [-0.3, -0.25) is 4.79 Å². The molecule has 1 heterocycles. The summed E-state index contributed by atoms with van der Waals surface area (Å²) in [5.74, 6) is -1.41. The Kier molecular flexibility index (Phi) is 9.37. The van der Waals surface area contributed by atoms with E-state index in [0.29, 0.717) is 11.1 Å². The van der Waals surface area contributed by atoms with Crippen LogP contribution in [-0.4, -0.2) is 79.7 Å². The van der Waals surface area contributed by atoms with E-state index in [1.165, 1.54) is 54.6 Å². The van der Waals surface area contributed by atoms with Crippen molar-refractivity contribution in [3.63, 3.8) is 0 Å². The van der Waals surface area contributed by atoms with Crippen LogP contribution in [0.1, 0.15) is 21.5 Å². The van der Waals surface area contributed by atoms with Gasteiger partial charge in [0.05, 0.1) is 5.56 Å². The van der Waals surface area contributed by atoms with E-state index in [-0.39, 0.29) is 28.6 Å². The van der Waals surface area contributed by atoms with Gasteiger partial charge in [-0.05, 0) is 59.7 Å². The molecule has 3 aromatic rings. The number of phenolic OH excluding ortho intramolecular Hbond substituents is 3. The Morgan fingerprint density at radius 1 is 0.756 bits per heavy atom. The van der Waals surface area contributed by atoms with Crippen LogP contribution in [0.4, 0.5) is 0 Å². The summed E-state index contributed by atoms with van der Waals surface area (Å²) in [6.07, 6.45) is -2.04. The fourth-order valence-electron chi connectivity index (χ4n) is 3.90. The molecule has 0 aromatic heterocycles. The molecule has 0 unspecified atom stereocenters. The molecule has 0 saturated carbocycles. The number of phenols is 3. The van der Waals surface area contributed by atoms with Crippen molar-refractivity contribution in [2.24, 2.45) is 0 Å². The molecule has 11 heteroatoms. The summed E-state index contributed by atoms with van der Waals surface area (Å²) in [7, 11) is 0. The highest BCUT2D eigenvalue weighted by molar-refractivity contribution is 6.08. The van der Waals surface area contributed by atoms with Gasteiger partial charge in [-0.1, -0.05) is 30.3 Å². The van der Waals surface area contributed by atoms with Crippen LogP contribution in [0.3, 0.4) is 0 Å². The maximum atomic E-state index is 12.3. The summed E-state index contributed by atoms with van der Waals surface area (Å²) in [5.41, 5.74) is 1.27. The second kappa shape index (κ2) is 13.1. The quantitative estimate of drug-likeness (QED) is 0.127. The number of aliphatic hydroxyl groups excluding tert-OH is 3. The van der Waals surface area contributed by atoms with E-state index in [1.807, 2.05) is 0 Å². The Morgan fingerprint density at radius 3 is 2.02 bits per heavy atom. The molecule has 0 aliphatic carbocycles. The monoisotopic (exact) mass is 564 g/mol. The van der Waals surface area contributed by atoms with Crippen LogP contribution < -0.4 is 4.74 Å². The lowest BCUT2D eigenvalue weighted by molar-refractivity contribution is -0.278. The number of benzene rings is 3. The maximum absolute atomic E-state index is 12.3. The minimum absolute atomic E-state index is 0.0248. The van der Waals surface area contributed by atoms with Gasteiger partial charge in [0, 0.05) is 12.1 Å². The number of carbonyl (C=O) groups is 2. The molecule has 41 heavy (non-hydrogen) atoms. The lowest BCUT2D eigenvalue weighted by Gasteiger charge is -2.39. The summed E-state index contributed by atoms with van der Waals surface area (Å²) < 4.78 is 16.3. The molecule has 0 radical (unpaired) electrons. The predicted molar refractivity (Wildman–Crippen MR) is 145 cm³/mol. The zero-order valence-corrected chi connectivity index (χ0v) is 21.5. The molecule has 1 aliphatic rings. The summed E-state index contributed by atoms with van der Waals surface area (Å²) in [6.45, 7) is -0.433. The van der Waals surface area contributed by atoms with Crippen molar-refractivity contribution in [3.05, 3.63) is 95.6 Å². The van der Waals surface area contributed by atoms with Crippen molar-refractivity contribution in [2.45, 2.75) is 30.7 Å². The SMILES string of the molecule is O=C(C=Cc1ccc(O)cc1)OC[C@@H]1O[C@@H](Oc2ccc(C=CC(=O)c3ccc(O)cc3O)cc2)[C@H](O)[C@@H](O)[C@@H]1O. The first-order valence-electron chi connectivity index (χ1n) is 12.5. The van der Waals surface area contributed by atoms with Gasteiger partial charge in [-0.25, -0.2) is 4.79 Å². The lowest BCUT2D eigenvalue weighted by Crippen LogP contribution is -2.60. The Hall–Kier alpha value is -4.68. The zero-order chi connectivity index (χ0) is 29.5. The molecule has 0 bridgehead atoms. The van der Waals surface area contributed by atoms with Crippen LogP contribution >= 0.6 is 0 Å². The third kappa shape index (κ3) is 7.71. The van der Waals surface area contributed by atoms with E-state index in [2.05, 4.69) is 0 Å². The molecule has 0 spiro atoms. The minimum Gasteiger partial charge on any atom is -0.508 e. The van der Waals surface area contributed by atoms with Gasteiger partial charge in [0.15, 0.2) is 5.78 Å². The van der Waals surface area contributed by atoms with Crippen molar-refractivity contribution >= 4 is 23.9 Å². The van der Waals surface area contributed by atoms with Crippen LogP contribution in [-0.2, 0) is 14.3 Å². The molecule has 1 aliphatic heterocycles. The third-order valence-electron chi connectivity index (χ3n) is 6.17. The molecule has 1 saturated heterocycles. The number of ether oxygens (including phenoxy) is 3.